The summed E-state index contributed by atoms with van der Waals surface area (Å²) in [6.07, 6.45) is 1.68. The maximum absolute atomic E-state index is 12.3. The fourth-order valence-electron chi connectivity index (χ4n) is 3.19. The van der Waals surface area contributed by atoms with Crippen LogP contribution < -0.4 is 4.90 Å². The third kappa shape index (κ3) is 3.91. The zero-order chi connectivity index (χ0) is 21.3. The highest BCUT2D eigenvalue weighted by atomic mass is 32.2. The molecule has 30 heavy (non-hydrogen) atoms. The van der Waals surface area contributed by atoms with E-state index < -0.39 is 10.2 Å². The molecular weight excluding hydrogens is 406 g/mol. The lowest BCUT2D eigenvalue weighted by Crippen LogP contribution is -2.51. The Labute approximate surface area is 175 Å². The molecule has 3 aromatic rings. The van der Waals surface area contributed by atoms with Crippen LogP contribution in [0.3, 0.4) is 0 Å². The van der Waals surface area contributed by atoms with Crippen molar-refractivity contribution in [3.05, 3.63) is 42.2 Å². The van der Waals surface area contributed by atoms with Gasteiger partial charge in [-0.15, -0.1) is 10.2 Å². The van der Waals surface area contributed by atoms with Gasteiger partial charge >= 0.3 is 0 Å². The zero-order valence-corrected chi connectivity index (χ0v) is 17.9. The Balaban J connectivity index is 1.54. The van der Waals surface area contributed by atoms with Crippen molar-refractivity contribution in [2.45, 2.75) is 6.92 Å². The van der Waals surface area contributed by atoms with Crippen molar-refractivity contribution < 1.29 is 12.8 Å². The van der Waals surface area contributed by atoms with Gasteiger partial charge in [0.2, 0.25) is 5.89 Å². The predicted octanol–water partition coefficient (Wildman–Crippen LogP) is 1.43. The van der Waals surface area contributed by atoms with E-state index in [4.69, 9.17) is 4.42 Å². The standard InChI is InChI=1S/C19H23N7O3S/c1-14-17(19-23-22-18(29-19)15-7-5-4-6-8-15)21-16(13-20-14)25-9-11-26(12-10-25)30(27,28)24(2)3/h4-8,13H,9-12H2,1-3H3. The summed E-state index contributed by atoms with van der Waals surface area (Å²) in [4.78, 5) is 11.1. The molecule has 3 heterocycles. The van der Waals surface area contributed by atoms with Crippen molar-refractivity contribution >= 4 is 16.0 Å². The van der Waals surface area contributed by atoms with Crippen molar-refractivity contribution in [3.8, 4) is 23.0 Å². The van der Waals surface area contributed by atoms with E-state index >= 15 is 0 Å². The van der Waals surface area contributed by atoms with E-state index in [0.717, 1.165) is 5.56 Å². The summed E-state index contributed by atoms with van der Waals surface area (Å²) >= 11 is 0. The fourth-order valence-corrected chi connectivity index (χ4v) is 4.28. The molecule has 0 amide bonds. The molecule has 1 aliphatic rings. The van der Waals surface area contributed by atoms with Gasteiger partial charge in [-0.05, 0) is 19.1 Å². The minimum atomic E-state index is -3.42. The average molecular weight is 430 g/mol. The van der Waals surface area contributed by atoms with E-state index in [-0.39, 0.29) is 0 Å². The van der Waals surface area contributed by atoms with Gasteiger partial charge in [0.1, 0.15) is 5.82 Å². The second-order valence-corrected chi connectivity index (χ2v) is 9.26. The molecule has 1 aliphatic heterocycles. The van der Waals surface area contributed by atoms with E-state index in [1.54, 1.807) is 6.20 Å². The zero-order valence-electron chi connectivity index (χ0n) is 17.1. The highest BCUT2D eigenvalue weighted by Crippen LogP contribution is 2.26. The summed E-state index contributed by atoms with van der Waals surface area (Å²) in [6.45, 7) is 3.63. The summed E-state index contributed by atoms with van der Waals surface area (Å²) < 4.78 is 33.1. The lowest BCUT2D eigenvalue weighted by molar-refractivity contribution is 0.355. The summed E-state index contributed by atoms with van der Waals surface area (Å²) in [6, 6.07) is 9.52. The van der Waals surface area contributed by atoms with E-state index in [1.807, 2.05) is 42.2 Å². The van der Waals surface area contributed by atoms with Crippen molar-refractivity contribution in [1.82, 2.24) is 28.8 Å². The Hall–Kier alpha value is -2.89. The van der Waals surface area contributed by atoms with Gasteiger partial charge < -0.3 is 9.32 Å². The lowest BCUT2D eigenvalue weighted by Gasteiger charge is -2.35. The Morgan fingerprint density at radius 2 is 1.67 bits per heavy atom. The monoisotopic (exact) mass is 429 g/mol. The Morgan fingerprint density at radius 3 is 2.33 bits per heavy atom. The highest BCUT2D eigenvalue weighted by Gasteiger charge is 2.29. The molecule has 0 saturated carbocycles. The van der Waals surface area contributed by atoms with Crippen molar-refractivity contribution in [3.63, 3.8) is 0 Å². The van der Waals surface area contributed by atoms with Gasteiger partial charge in [-0.3, -0.25) is 4.98 Å². The molecule has 11 heteroatoms. The Bertz CT molecular complexity index is 1120. The molecule has 0 aliphatic carbocycles. The molecule has 0 radical (unpaired) electrons. The van der Waals surface area contributed by atoms with Gasteiger partial charge in [0.15, 0.2) is 5.69 Å². The first-order valence-electron chi connectivity index (χ1n) is 9.52. The molecule has 1 saturated heterocycles. The van der Waals surface area contributed by atoms with E-state index in [9.17, 15) is 8.42 Å². The highest BCUT2D eigenvalue weighted by molar-refractivity contribution is 7.86. The third-order valence-electron chi connectivity index (χ3n) is 4.94. The van der Waals surface area contributed by atoms with E-state index in [0.29, 0.717) is 55.2 Å². The quantitative estimate of drug-likeness (QED) is 0.599. The molecule has 10 nitrogen and oxygen atoms in total. The number of aromatic nitrogens is 4. The first kappa shape index (κ1) is 20.4. The predicted molar refractivity (Wildman–Crippen MR) is 112 cm³/mol. The van der Waals surface area contributed by atoms with Crippen LogP contribution in [0, 0.1) is 6.92 Å². The third-order valence-corrected chi connectivity index (χ3v) is 6.88. The van der Waals surface area contributed by atoms with Crippen LogP contribution in [0.15, 0.2) is 40.9 Å². The van der Waals surface area contributed by atoms with Crippen LogP contribution in [0.5, 0.6) is 0 Å². The number of nitrogens with zero attached hydrogens (tertiary/aromatic N) is 7. The van der Waals surface area contributed by atoms with Crippen LogP contribution in [0.25, 0.3) is 23.0 Å². The SMILES string of the molecule is Cc1ncc(N2CCN(S(=O)(=O)N(C)C)CC2)nc1-c1nnc(-c2ccccc2)o1. The van der Waals surface area contributed by atoms with Crippen molar-refractivity contribution in [2.24, 2.45) is 0 Å². The van der Waals surface area contributed by atoms with Gasteiger partial charge in [0.25, 0.3) is 16.1 Å². The van der Waals surface area contributed by atoms with Gasteiger partial charge in [0, 0.05) is 45.8 Å². The number of piperazine rings is 1. The second-order valence-electron chi connectivity index (χ2n) is 7.12. The number of hydrogen-bond acceptors (Lipinski definition) is 8. The van der Waals surface area contributed by atoms with Gasteiger partial charge in [0.05, 0.1) is 11.9 Å². The number of anilines is 1. The molecule has 0 atom stereocenters. The number of rotatable bonds is 5. The molecule has 2 aromatic heterocycles. The number of aryl methyl sites for hydroxylation is 1. The minimum Gasteiger partial charge on any atom is -0.415 e. The van der Waals surface area contributed by atoms with Crippen molar-refractivity contribution in [1.29, 1.82) is 0 Å². The van der Waals surface area contributed by atoms with Crippen molar-refractivity contribution in [2.75, 3.05) is 45.2 Å². The van der Waals surface area contributed by atoms with Gasteiger partial charge in [-0.25, -0.2) is 4.98 Å². The molecule has 0 bridgehead atoms. The molecule has 0 N–H and O–H groups in total. The molecule has 158 valence electrons. The summed E-state index contributed by atoms with van der Waals surface area (Å²) in [5.74, 6) is 1.37. The van der Waals surface area contributed by atoms with E-state index in [2.05, 4.69) is 20.2 Å². The molecule has 0 unspecified atom stereocenters. The average Bonchev–Trinajstić information content (AvgIpc) is 3.25. The molecule has 0 spiro atoms. The minimum absolute atomic E-state index is 0.300. The Kier molecular flexibility index (Phi) is 5.50. The van der Waals surface area contributed by atoms with Crippen LogP contribution in [-0.2, 0) is 10.2 Å². The topological polar surface area (TPSA) is 109 Å². The summed E-state index contributed by atoms with van der Waals surface area (Å²) in [5, 5.41) is 8.27. The number of benzene rings is 1. The van der Waals surface area contributed by atoms with Gasteiger partial charge in [-0.2, -0.15) is 17.0 Å². The summed E-state index contributed by atoms with van der Waals surface area (Å²) in [7, 11) is -0.346. The van der Waals surface area contributed by atoms with Crippen LogP contribution in [-0.4, -0.2) is 77.5 Å². The van der Waals surface area contributed by atoms with Crippen LogP contribution >= 0.6 is 0 Å². The molecule has 1 fully saturated rings. The first-order valence-corrected chi connectivity index (χ1v) is 10.9. The van der Waals surface area contributed by atoms with Crippen LogP contribution in [0.2, 0.25) is 0 Å². The lowest BCUT2D eigenvalue weighted by atomic mass is 10.2. The van der Waals surface area contributed by atoms with Crippen LogP contribution in [0.4, 0.5) is 5.82 Å². The summed E-state index contributed by atoms with van der Waals surface area (Å²) in [5.41, 5.74) is 2.03. The van der Waals surface area contributed by atoms with E-state index in [1.165, 1.54) is 22.7 Å². The maximum atomic E-state index is 12.3. The second kappa shape index (κ2) is 8.09. The smallest absolute Gasteiger partial charge is 0.281 e. The first-order chi connectivity index (χ1) is 14.4. The van der Waals surface area contributed by atoms with Gasteiger partial charge in [-0.1, -0.05) is 18.2 Å². The number of hydrogen-bond donors (Lipinski definition) is 0. The van der Waals surface area contributed by atoms with Crippen LogP contribution in [0.1, 0.15) is 5.69 Å². The normalized spacial score (nSPS) is 15.7. The molecular formula is C19H23N7O3S. The molecule has 4 rings (SSSR count). The largest absolute Gasteiger partial charge is 0.415 e. The maximum Gasteiger partial charge on any atom is 0.281 e. The Morgan fingerprint density at radius 1 is 1.00 bits per heavy atom. The fraction of sp³-hybridized carbons (Fsp3) is 0.368. The molecule has 1 aromatic carbocycles.